The lowest BCUT2D eigenvalue weighted by Gasteiger charge is -2.41. The van der Waals surface area contributed by atoms with Crippen LogP contribution in [0.25, 0.3) is 16.8 Å². The highest BCUT2D eigenvalue weighted by molar-refractivity contribution is 5.96. The van der Waals surface area contributed by atoms with Crippen molar-refractivity contribution in [2.75, 3.05) is 0 Å². The van der Waals surface area contributed by atoms with Crippen molar-refractivity contribution < 1.29 is 18.0 Å². The molecule has 0 spiro atoms. The van der Waals surface area contributed by atoms with E-state index in [9.17, 15) is 18.0 Å². The molecule has 2 unspecified atom stereocenters. The van der Waals surface area contributed by atoms with E-state index in [1.54, 1.807) is 30.3 Å². The van der Waals surface area contributed by atoms with Gasteiger partial charge in [0.05, 0.1) is 35.5 Å². The third kappa shape index (κ3) is 3.38. The van der Waals surface area contributed by atoms with E-state index < -0.39 is 17.5 Å². The van der Waals surface area contributed by atoms with Crippen molar-refractivity contribution in [2.45, 2.75) is 45.2 Å². The van der Waals surface area contributed by atoms with Gasteiger partial charge in [0.25, 0.3) is 5.91 Å². The average Bonchev–Trinajstić information content (AvgIpc) is 3.43. The molecule has 0 saturated heterocycles. The summed E-state index contributed by atoms with van der Waals surface area (Å²) >= 11 is 0. The molecule has 1 aliphatic rings. The zero-order valence-electron chi connectivity index (χ0n) is 19.1. The first kappa shape index (κ1) is 22.2. The first-order valence-electron chi connectivity index (χ1n) is 11.3. The van der Waals surface area contributed by atoms with E-state index in [1.165, 1.54) is 0 Å². The highest BCUT2D eigenvalue weighted by Crippen LogP contribution is 2.41. The zero-order chi connectivity index (χ0) is 24.1. The van der Waals surface area contributed by atoms with E-state index in [2.05, 4.69) is 10.1 Å². The molecular weight excluding hydrogens is 443 g/mol. The average molecular weight is 467 g/mol. The van der Waals surface area contributed by atoms with Gasteiger partial charge in [-0.3, -0.25) is 9.48 Å². The van der Waals surface area contributed by atoms with Gasteiger partial charge in [-0.05, 0) is 43.5 Å². The fourth-order valence-electron chi connectivity index (χ4n) is 5.07. The lowest BCUT2D eigenvalue weighted by Crippen LogP contribution is -2.47. The molecule has 5 rings (SSSR count). The fraction of sp³-hybridized carbons (Fsp3) is 0.320. The van der Waals surface area contributed by atoms with Gasteiger partial charge in [0, 0.05) is 36.0 Å². The second-order valence-electron chi connectivity index (χ2n) is 8.63. The topological polar surface area (TPSA) is 55.4 Å². The summed E-state index contributed by atoms with van der Waals surface area (Å²) in [6.45, 7) is 3.99. The van der Waals surface area contributed by atoms with Gasteiger partial charge in [-0.2, -0.15) is 5.10 Å². The van der Waals surface area contributed by atoms with Crippen LogP contribution in [0.5, 0.6) is 0 Å². The highest BCUT2D eigenvalue weighted by Gasteiger charge is 2.40. The summed E-state index contributed by atoms with van der Waals surface area (Å²) in [6, 6.07) is 5.14. The Morgan fingerprint density at radius 2 is 1.85 bits per heavy atom. The van der Waals surface area contributed by atoms with Crippen LogP contribution in [0, 0.1) is 17.5 Å². The third-order valence-corrected chi connectivity index (χ3v) is 6.67. The minimum Gasteiger partial charge on any atom is -0.327 e. The second-order valence-corrected chi connectivity index (χ2v) is 8.63. The van der Waals surface area contributed by atoms with E-state index in [4.69, 9.17) is 0 Å². The molecule has 2 atom stereocenters. The van der Waals surface area contributed by atoms with Crippen molar-refractivity contribution >= 4 is 11.4 Å². The Morgan fingerprint density at radius 3 is 2.53 bits per heavy atom. The first-order valence-corrected chi connectivity index (χ1v) is 11.3. The van der Waals surface area contributed by atoms with Gasteiger partial charge in [0.15, 0.2) is 17.5 Å². The first-order chi connectivity index (χ1) is 16.3. The number of halogens is 3. The van der Waals surface area contributed by atoms with E-state index in [0.29, 0.717) is 36.2 Å². The molecule has 0 aliphatic carbocycles. The summed E-state index contributed by atoms with van der Waals surface area (Å²) < 4.78 is 45.0. The molecular formula is C25H24F3N5O. The van der Waals surface area contributed by atoms with Gasteiger partial charge in [0.2, 0.25) is 0 Å². The van der Waals surface area contributed by atoms with E-state index >= 15 is 0 Å². The molecule has 9 heteroatoms. The van der Waals surface area contributed by atoms with Gasteiger partial charge in [-0.25, -0.2) is 18.2 Å². The number of pyridine rings is 1. The SMILES string of the molecule is CCC1Cc2c(nn(C)c2-c2cc(F)c(F)c(F)c2)C(CC)N1C(=O)c1ccn2cncc2c1. The Labute approximate surface area is 194 Å². The Bertz CT molecular complexity index is 1390. The number of benzene rings is 1. The lowest BCUT2D eigenvalue weighted by atomic mass is 9.87. The molecule has 0 saturated carbocycles. The molecule has 4 aromatic rings. The predicted molar refractivity (Wildman–Crippen MR) is 121 cm³/mol. The standard InChI is InChI=1S/C25H24F3N5O/c1-4-16-11-18-23(30-31(3)24(18)15-9-19(26)22(28)20(27)10-15)21(5-2)33(16)25(34)14-6-7-32-13-29-12-17(32)8-14/h6-10,12-13,16,21H,4-5,11H2,1-3H3. The molecule has 4 heterocycles. The predicted octanol–water partition coefficient (Wildman–Crippen LogP) is 5.08. The Balaban J connectivity index is 1.60. The molecule has 0 bridgehead atoms. The molecule has 176 valence electrons. The Kier molecular flexibility index (Phi) is 5.42. The van der Waals surface area contributed by atoms with E-state index in [1.807, 2.05) is 35.4 Å². The van der Waals surface area contributed by atoms with Crippen LogP contribution in [0.1, 0.15) is 54.3 Å². The van der Waals surface area contributed by atoms with Gasteiger partial charge in [-0.1, -0.05) is 13.8 Å². The number of imidazole rings is 1. The number of rotatable bonds is 4. The van der Waals surface area contributed by atoms with Crippen LogP contribution in [0.2, 0.25) is 0 Å². The van der Waals surface area contributed by atoms with Gasteiger partial charge in [-0.15, -0.1) is 0 Å². The fourth-order valence-corrected chi connectivity index (χ4v) is 5.07. The summed E-state index contributed by atoms with van der Waals surface area (Å²) in [6.07, 6.45) is 6.97. The molecule has 6 nitrogen and oxygen atoms in total. The normalized spacial score (nSPS) is 17.9. The third-order valence-electron chi connectivity index (χ3n) is 6.67. The van der Waals surface area contributed by atoms with Crippen LogP contribution < -0.4 is 0 Å². The molecule has 0 fully saturated rings. The number of aryl methyl sites for hydroxylation is 1. The molecule has 1 aliphatic heterocycles. The quantitative estimate of drug-likeness (QED) is 0.394. The summed E-state index contributed by atoms with van der Waals surface area (Å²) in [5.74, 6) is -4.08. The molecule has 3 aromatic heterocycles. The summed E-state index contributed by atoms with van der Waals surface area (Å²) in [4.78, 5) is 19.7. The maximum atomic E-state index is 14.0. The largest absolute Gasteiger partial charge is 0.327 e. The number of carbonyl (C=O) groups is 1. The maximum absolute atomic E-state index is 14.0. The summed E-state index contributed by atoms with van der Waals surface area (Å²) in [5, 5.41) is 4.67. The van der Waals surface area contributed by atoms with Crippen molar-refractivity contribution in [3.63, 3.8) is 0 Å². The molecule has 0 N–H and O–H groups in total. The van der Waals surface area contributed by atoms with E-state index in [0.717, 1.165) is 23.2 Å². The minimum absolute atomic E-state index is 0.0980. The van der Waals surface area contributed by atoms with Crippen molar-refractivity contribution in [3.8, 4) is 11.3 Å². The van der Waals surface area contributed by atoms with Crippen molar-refractivity contribution in [3.05, 3.63) is 77.3 Å². The van der Waals surface area contributed by atoms with Gasteiger partial charge >= 0.3 is 0 Å². The number of aromatic nitrogens is 4. The lowest BCUT2D eigenvalue weighted by molar-refractivity contribution is 0.0513. The second kappa shape index (κ2) is 8.30. The number of hydrogen-bond acceptors (Lipinski definition) is 3. The Morgan fingerprint density at radius 1 is 1.12 bits per heavy atom. The van der Waals surface area contributed by atoms with Gasteiger partial charge in [0.1, 0.15) is 0 Å². The molecule has 34 heavy (non-hydrogen) atoms. The number of amides is 1. The van der Waals surface area contributed by atoms with Crippen LogP contribution >= 0.6 is 0 Å². The zero-order valence-corrected chi connectivity index (χ0v) is 19.1. The molecule has 1 amide bonds. The maximum Gasteiger partial charge on any atom is 0.254 e. The summed E-state index contributed by atoms with van der Waals surface area (Å²) in [5.41, 5.74) is 3.69. The van der Waals surface area contributed by atoms with Crippen LogP contribution in [-0.2, 0) is 13.5 Å². The number of hydrogen-bond donors (Lipinski definition) is 0. The molecule has 0 radical (unpaired) electrons. The van der Waals surface area contributed by atoms with Crippen LogP contribution in [-0.4, -0.2) is 36.0 Å². The van der Waals surface area contributed by atoms with Crippen molar-refractivity contribution in [1.82, 2.24) is 24.1 Å². The Hall–Kier alpha value is -3.62. The minimum atomic E-state index is -1.50. The van der Waals surface area contributed by atoms with Crippen molar-refractivity contribution in [2.24, 2.45) is 7.05 Å². The van der Waals surface area contributed by atoms with Gasteiger partial charge < -0.3 is 9.30 Å². The number of nitrogens with zero attached hydrogens (tertiary/aromatic N) is 5. The van der Waals surface area contributed by atoms with E-state index in [-0.39, 0.29) is 23.6 Å². The summed E-state index contributed by atoms with van der Waals surface area (Å²) in [7, 11) is 1.69. The van der Waals surface area contributed by atoms with Crippen LogP contribution in [0.4, 0.5) is 13.2 Å². The van der Waals surface area contributed by atoms with Crippen molar-refractivity contribution in [1.29, 1.82) is 0 Å². The highest BCUT2D eigenvalue weighted by atomic mass is 19.2. The number of carbonyl (C=O) groups excluding carboxylic acids is 1. The number of fused-ring (bicyclic) bond motifs is 2. The smallest absolute Gasteiger partial charge is 0.254 e. The molecule has 1 aromatic carbocycles. The van der Waals surface area contributed by atoms with Crippen LogP contribution in [0.3, 0.4) is 0 Å². The monoisotopic (exact) mass is 467 g/mol. The van der Waals surface area contributed by atoms with Crippen LogP contribution in [0.15, 0.2) is 43.0 Å².